The Morgan fingerprint density at radius 2 is 1.89 bits per heavy atom. The number of nitrogens with one attached hydrogen (secondary N) is 1. The molecule has 1 fully saturated rings. The van der Waals surface area contributed by atoms with Crippen LogP contribution in [0, 0.1) is 0 Å². The SMILES string of the molecule is C\C=C(/C=C(C)\C=C\OC1CCNCC1)C(F)(F)F. The minimum Gasteiger partial charge on any atom is -0.498 e. The smallest absolute Gasteiger partial charge is 0.416 e. The number of piperidine rings is 1. The van der Waals surface area contributed by atoms with Gasteiger partial charge in [-0.15, -0.1) is 0 Å². The summed E-state index contributed by atoms with van der Waals surface area (Å²) >= 11 is 0. The molecule has 0 aromatic heterocycles. The number of hydrogen-bond acceptors (Lipinski definition) is 2. The molecule has 5 heteroatoms. The summed E-state index contributed by atoms with van der Waals surface area (Å²) in [4.78, 5) is 0. The van der Waals surface area contributed by atoms with Crippen molar-refractivity contribution in [2.75, 3.05) is 13.1 Å². The van der Waals surface area contributed by atoms with Crippen molar-refractivity contribution in [3.8, 4) is 0 Å². The van der Waals surface area contributed by atoms with E-state index in [-0.39, 0.29) is 6.10 Å². The molecule has 108 valence electrons. The number of ether oxygens (including phenoxy) is 1. The van der Waals surface area contributed by atoms with Gasteiger partial charge in [0.15, 0.2) is 0 Å². The third kappa shape index (κ3) is 5.96. The van der Waals surface area contributed by atoms with E-state index in [0.29, 0.717) is 5.57 Å². The average molecular weight is 275 g/mol. The van der Waals surface area contributed by atoms with Gasteiger partial charge in [-0.1, -0.05) is 6.08 Å². The molecule has 1 heterocycles. The Labute approximate surface area is 112 Å². The lowest BCUT2D eigenvalue weighted by Crippen LogP contribution is -2.31. The van der Waals surface area contributed by atoms with Crippen molar-refractivity contribution in [3.63, 3.8) is 0 Å². The van der Waals surface area contributed by atoms with Crippen molar-refractivity contribution in [1.29, 1.82) is 0 Å². The predicted octanol–water partition coefficient (Wildman–Crippen LogP) is 3.72. The molecule has 0 bridgehead atoms. The normalized spacial score (nSPS) is 20.1. The number of halogens is 3. The minimum absolute atomic E-state index is 0.161. The van der Waals surface area contributed by atoms with E-state index in [9.17, 15) is 13.2 Å². The molecule has 0 atom stereocenters. The van der Waals surface area contributed by atoms with Crippen molar-refractivity contribution in [1.82, 2.24) is 5.32 Å². The number of allylic oxidation sites excluding steroid dienone is 5. The first-order valence-corrected chi connectivity index (χ1v) is 6.38. The largest absolute Gasteiger partial charge is 0.498 e. The maximum Gasteiger partial charge on any atom is 0.416 e. The highest BCUT2D eigenvalue weighted by Gasteiger charge is 2.31. The van der Waals surface area contributed by atoms with Crippen LogP contribution >= 0.6 is 0 Å². The van der Waals surface area contributed by atoms with Gasteiger partial charge in [-0.05, 0) is 57.5 Å². The van der Waals surface area contributed by atoms with Crippen LogP contribution in [0.1, 0.15) is 26.7 Å². The van der Waals surface area contributed by atoms with Gasteiger partial charge in [-0.25, -0.2) is 0 Å². The van der Waals surface area contributed by atoms with Crippen LogP contribution < -0.4 is 5.32 Å². The Morgan fingerprint density at radius 3 is 2.42 bits per heavy atom. The zero-order valence-electron chi connectivity index (χ0n) is 11.3. The zero-order chi connectivity index (χ0) is 14.3. The Balaban J connectivity index is 2.50. The molecule has 1 N–H and O–H groups in total. The maximum absolute atomic E-state index is 12.5. The summed E-state index contributed by atoms with van der Waals surface area (Å²) in [7, 11) is 0. The van der Waals surface area contributed by atoms with Gasteiger partial charge in [0.1, 0.15) is 6.10 Å². The summed E-state index contributed by atoms with van der Waals surface area (Å²) in [6.45, 7) is 4.84. The van der Waals surface area contributed by atoms with Crippen LogP contribution in [0.5, 0.6) is 0 Å². The lowest BCUT2D eigenvalue weighted by Gasteiger charge is -2.21. The Bertz CT molecular complexity index is 363. The predicted molar refractivity (Wildman–Crippen MR) is 69.7 cm³/mol. The second-order valence-electron chi connectivity index (χ2n) is 4.52. The fourth-order valence-electron chi connectivity index (χ4n) is 1.81. The highest BCUT2D eigenvalue weighted by atomic mass is 19.4. The van der Waals surface area contributed by atoms with Crippen molar-refractivity contribution < 1.29 is 17.9 Å². The summed E-state index contributed by atoms with van der Waals surface area (Å²) in [5.41, 5.74) is -0.129. The molecule has 0 spiro atoms. The monoisotopic (exact) mass is 275 g/mol. The molecule has 0 aromatic carbocycles. The van der Waals surface area contributed by atoms with Crippen LogP contribution in [0.15, 0.2) is 35.6 Å². The second-order valence-corrected chi connectivity index (χ2v) is 4.52. The molecule has 0 radical (unpaired) electrons. The fraction of sp³-hybridized carbons (Fsp3) is 0.571. The first kappa shape index (κ1) is 15.8. The van der Waals surface area contributed by atoms with Gasteiger partial charge in [0.25, 0.3) is 0 Å². The van der Waals surface area contributed by atoms with Crippen LogP contribution in [0.2, 0.25) is 0 Å². The Hall–Kier alpha value is -1.23. The van der Waals surface area contributed by atoms with Crippen molar-refractivity contribution >= 4 is 0 Å². The average Bonchev–Trinajstić information content (AvgIpc) is 2.36. The first-order valence-electron chi connectivity index (χ1n) is 6.38. The highest BCUT2D eigenvalue weighted by molar-refractivity contribution is 5.31. The van der Waals surface area contributed by atoms with E-state index in [4.69, 9.17) is 4.74 Å². The van der Waals surface area contributed by atoms with Gasteiger partial charge in [0.05, 0.1) is 11.8 Å². The molecule has 0 aromatic rings. The fourth-order valence-corrected chi connectivity index (χ4v) is 1.81. The zero-order valence-corrected chi connectivity index (χ0v) is 11.3. The van der Waals surface area contributed by atoms with E-state index in [1.165, 1.54) is 13.2 Å². The lowest BCUT2D eigenvalue weighted by atomic mass is 10.1. The van der Waals surface area contributed by atoms with E-state index in [1.807, 2.05) is 0 Å². The number of rotatable bonds is 4. The molecular formula is C14H20F3NO. The van der Waals surface area contributed by atoms with E-state index in [0.717, 1.165) is 38.1 Å². The minimum atomic E-state index is -4.31. The van der Waals surface area contributed by atoms with Gasteiger partial charge >= 0.3 is 6.18 Å². The maximum atomic E-state index is 12.5. The molecule has 0 aliphatic carbocycles. The van der Waals surface area contributed by atoms with Gasteiger partial charge in [-0.3, -0.25) is 0 Å². The topological polar surface area (TPSA) is 21.3 Å². The van der Waals surface area contributed by atoms with Crippen LogP contribution in [-0.2, 0) is 4.74 Å². The number of alkyl halides is 3. The lowest BCUT2D eigenvalue weighted by molar-refractivity contribution is -0.0883. The van der Waals surface area contributed by atoms with E-state index in [1.54, 1.807) is 13.0 Å². The summed E-state index contributed by atoms with van der Waals surface area (Å²) in [5, 5.41) is 3.22. The van der Waals surface area contributed by atoms with Crippen molar-refractivity contribution in [3.05, 3.63) is 35.6 Å². The Kier molecular flexibility index (Phi) is 6.15. The third-order valence-electron chi connectivity index (χ3n) is 2.91. The van der Waals surface area contributed by atoms with Gasteiger partial charge < -0.3 is 10.1 Å². The molecule has 0 saturated carbocycles. The van der Waals surface area contributed by atoms with Crippen LogP contribution in [0.25, 0.3) is 0 Å². The summed E-state index contributed by atoms with van der Waals surface area (Å²) in [6.07, 6.45) is 2.94. The van der Waals surface area contributed by atoms with Crippen molar-refractivity contribution in [2.24, 2.45) is 0 Å². The molecule has 0 amide bonds. The standard InChI is InChI=1S/C14H20F3NO/c1-3-12(14(15,16)17)10-11(2)6-9-19-13-4-7-18-8-5-13/h3,6,9-10,13,18H,4-5,7-8H2,1-2H3/b9-6+,11-10-,12-3+. The van der Waals surface area contributed by atoms with Crippen LogP contribution in [0.3, 0.4) is 0 Å². The van der Waals surface area contributed by atoms with Gasteiger partial charge in [0, 0.05) is 0 Å². The molecule has 1 aliphatic heterocycles. The van der Waals surface area contributed by atoms with Gasteiger partial charge in [-0.2, -0.15) is 13.2 Å². The quantitative estimate of drug-likeness (QED) is 0.623. The molecular weight excluding hydrogens is 255 g/mol. The summed E-state index contributed by atoms with van der Waals surface area (Å²) < 4.78 is 43.0. The van der Waals surface area contributed by atoms with Crippen LogP contribution in [-0.4, -0.2) is 25.4 Å². The molecule has 0 unspecified atom stereocenters. The summed E-state index contributed by atoms with van der Waals surface area (Å²) in [6, 6.07) is 0. The first-order chi connectivity index (χ1) is 8.93. The summed E-state index contributed by atoms with van der Waals surface area (Å²) in [5.74, 6) is 0. The molecule has 19 heavy (non-hydrogen) atoms. The van der Waals surface area contributed by atoms with Crippen molar-refractivity contribution in [2.45, 2.75) is 39.0 Å². The second kappa shape index (κ2) is 7.38. The van der Waals surface area contributed by atoms with E-state index >= 15 is 0 Å². The van der Waals surface area contributed by atoms with Crippen LogP contribution in [0.4, 0.5) is 13.2 Å². The highest BCUT2D eigenvalue weighted by Crippen LogP contribution is 2.27. The van der Waals surface area contributed by atoms with E-state index in [2.05, 4.69) is 5.32 Å². The van der Waals surface area contributed by atoms with Gasteiger partial charge in [0.2, 0.25) is 0 Å². The molecule has 1 saturated heterocycles. The molecule has 1 rings (SSSR count). The Morgan fingerprint density at radius 1 is 1.26 bits per heavy atom. The molecule has 2 nitrogen and oxygen atoms in total. The van der Waals surface area contributed by atoms with E-state index < -0.39 is 11.7 Å². The third-order valence-corrected chi connectivity index (χ3v) is 2.91. The number of hydrogen-bond donors (Lipinski definition) is 1. The molecule has 1 aliphatic rings.